The third kappa shape index (κ3) is 2.75. The van der Waals surface area contributed by atoms with Gasteiger partial charge in [0.1, 0.15) is 5.75 Å². The van der Waals surface area contributed by atoms with Crippen molar-refractivity contribution in [3.8, 4) is 28.3 Å². The quantitative estimate of drug-likeness (QED) is 0.621. The van der Waals surface area contributed by atoms with Crippen LogP contribution in [-0.4, -0.2) is 26.8 Å². The predicted molar refractivity (Wildman–Crippen MR) is 96.3 cm³/mol. The number of rotatable bonds is 4. The van der Waals surface area contributed by atoms with Gasteiger partial charge in [0.05, 0.1) is 31.3 Å². The van der Waals surface area contributed by atoms with Gasteiger partial charge in [-0.05, 0) is 35.9 Å². The fourth-order valence-electron chi connectivity index (χ4n) is 2.90. The van der Waals surface area contributed by atoms with Gasteiger partial charge in [0.25, 0.3) is 0 Å². The molecule has 124 valence electrons. The molecular formula is C20H17N3O2. The highest BCUT2D eigenvalue weighted by molar-refractivity contribution is 5.69. The fourth-order valence-corrected chi connectivity index (χ4v) is 2.90. The summed E-state index contributed by atoms with van der Waals surface area (Å²) in [6.45, 7) is 0.00443. The molecule has 0 aliphatic carbocycles. The number of nitrogens with zero attached hydrogens (tertiary/aromatic N) is 3. The lowest BCUT2D eigenvalue weighted by Gasteiger charge is -2.09. The maximum Gasteiger partial charge on any atom is 0.154 e. The first-order valence-electron chi connectivity index (χ1n) is 7.98. The number of fused-ring (bicyclic) bond motifs is 1. The van der Waals surface area contributed by atoms with Crippen LogP contribution in [0, 0.1) is 0 Å². The maximum absolute atomic E-state index is 9.37. The summed E-state index contributed by atoms with van der Waals surface area (Å²) >= 11 is 0. The summed E-state index contributed by atoms with van der Waals surface area (Å²) in [7, 11) is 1.65. The van der Waals surface area contributed by atoms with E-state index in [1.165, 1.54) is 0 Å². The van der Waals surface area contributed by atoms with Crippen molar-refractivity contribution in [3.05, 3.63) is 72.4 Å². The van der Waals surface area contributed by atoms with Gasteiger partial charge in [-0.1, -0.05) is 30.3 Å². The Bertz CT molecular complexity index is 1040. The molecule has 2 aromatic heterocycles. The lowest BCUT2D eigenvalue weighted by Crippen LogP contribution is -1.98. The van der Waals surface area contributed by atoms with Crippen LogP contribution in [0.15, 0.2) is 66.9 Å². The number of para-hydroxylation sites is 1. The van der Waals surface area contributed by atoms with Crippen molar-refractivity contribution < 1.29 is 9.84 Å². The summed E-state index contributed by atoms with van der Waals surface area (Å²) in [5, 5.41) is 14.1. The zero-order valence-electron chi connectivity index (χ0n) is 13.8. The summed E-state index contributed by atoms with van der Waals surface area (Å²) < 4.78 is 7.26. The van der Waals surface area contributed by atoms with Crippen LogP contribution in [0.4, 0.5) is 0 Å². The van der Waals surface area contributed by atoms with E-state index < -0.39 is 0 Å². The molecule has 5 nitrogen and oxygen atoms in total. The molecule has 0 saturated carbocycles. The first-order valence-corrected chi connectivity index (χ1v) is 7.98. The van der Waals surface area contributed by atoms with Gasteiger partial charge < -0.3 is 9.84 Å². The number of imidazole rings is 1. The van der Waals surface area contributed by atoms with E-state index in [0.717, 1.165) is 39.5 Å². The van der Waals surface area contributed by atoms with Crippen LogP contribution in [0.5, 0.6) is 5.75 Å². The molecule has 25 heavy (non-hydrogen) atoms. The molecule has 0 bridgehead atoms. The van der Waals surface area contributed by atoms with Crippen molar-refractivity contribution in [3.63, 3.8) is 0 Å². The van der Waals surface area contributed by atoms with Crippen molar-refractivity contribution in [2.45, 2.75) is 6.61 Å². The number of aromatic nitrogens is 3. The number of aliphatic hydroxyl groups is 1. The third-order valence-electron chi connectivity index (χ3n) is 4.15. The smallest absolute Gasteiger partial charge is 0.154 e. The molecule has 2 heterocycles. The molecule has 4 aromatic rings. The van der Waals surface area contributed by atoms with Gasteiger partial charge in [-0.3, -0.25) is 0 Å². The molecule has 0 aliphatic rings. The molecular weight excluding hydrogens is 314 g/mol. The Morgan fingerprint density at radius 2 is 1.92 bits per heavy atom. The first kappa shape index (κ1) is 15.4. The molecule has 5 heteroatoms. The average molecular weight is 331 g/mol. The maximum atomic E-state index is 9.37. The minimum atomic E-state index is 0.00443. The van der Waals surface area contributed by atoms with Crippen LogP contribution in [0.25, 0.3) is 28.2 Å². The molecule has 0 atom stereocenters. The molecule has 0 radical (unpaired) electrons. The van der Waals surface area contributed by atoms with Gasteiger partial charge in [0.15, 0.2) is 5.65 Å². The van der Waals surface area contributed by atoms with E-state index >= 15 is 0 Å². The van der Waals surface area contributed by atoms with Crippen molar-refractivity contribution in [2.75, 3.05) is 7.11 Å². The Labute approximate surface area is 145 Å². The zero-order valence-corrected chi connectivity index (χ0v) is 13.8. The molecule has 0 spiro atoms. The molecule has 1 N–H and O–H groups in total. The first-order chi connectivity index (χ1) is 12.3. The molecule has 0 amide bonds. The second-order valence-electron chi connectivity index (χ2n) is 5.69. The highest BCUT2D eigenvalue weighted by atomic mass is 16.5. The van der Waals surface area contributed by atoms with Crippen LogP contribution in [-0.2, 0) is 6.61 Å². The number of benzene rings is 2. The Morgan fingerprint density at radius 1 is 1.04 bits per heavy atom. The average Bonchev–Trinajstić information content (AvgIpc) is 3.11. The Hall–Kier alpha value is -3.18. The van der Waals surface area contributed by atoms with Gasteiger partial charge >= 0.3 is 0 Å². The van der Waals surface area contributed by atoms with E-state index in [-0.39, 0.29) is 6.61 Å². The molecule has 0 saturated heterocycles. The van der Waals surface area contributed by atoms with E-state index in [2.05, 4.69) is 4.98 Å². The van der Waals surface area contributed by atoms with Gasteiger partial charge in [0, 0.05) is 11.1 Å². The van der Waals surface area contributed by atoms with Gasteiger partial charge in [-0.15, -0.1) is 0 Å². The van der Waals surface area contributed by atoms with E-state index in [1.54, 1.807) is 13.3 Å². The molecule has 0 fully saturated rings. The van der Waals surface area contributed by atoms with Crippen molar-refractivity contribution in [1.82, 2.24) is 14.6 Å². The highest BCUT2D eigenvalue weighted by Gasteiger charge is 2.11. The lowest BCUT2D eigenvalue weighted by atomic mass is 10.1. The molecule has 0 aliphatic heterocycles. The SMILES string of the molecule is COc1ccccc1-c1ccc2ncc(-c3cccc(CO)c3)n2n1. The van der Waals surface area contributed by atoms with E-state index in [4.69, 9.17) is 9.84 Å². The number of hydrogen-bond donors (Lipinski definition) is 1. The summed E-state index contributed by atoms with van der Waals surface area (Å²) in [5.74, 6) is 0.776. The molecule has 2 aromatic carbocycles. The summed E-state index contributed by atoms with van der Waals surface area (Å²) in [6.07, 6.45) is 1.80. The van der Waals surface area contributed by atoms with Crippen LogP contribution < -0.4 is 4.74 Å². The van der Waals surface area contributed by atoms with E-state index in [1.807, 2.05) is 65.2 Å². The Kier molecular flexibility index (Phi) is 3.91. The summed E-state index contributed by atoms with van der Waals surface area (Å²) in [5.41, 5.74) is 5.19. The van der Waals surface area contributed by atoms with Gasteiger partial charge in [-0.25, -0.2) is 9.50 Å². The van der Waals surface area contributed by atoms with Crippen LogP contribution in [0.3, 0.4) is 0 Å². The summed E-state index contributed by atoms with van der Waals surface area (Å²) in [4.78, 5) is 4.43. The normalized spacial score (nSPS) is 11.0. The highest BCUT2D eigenvalue weighted by Crippen LogP contribution is 2.29. The van der Waals surface area contributed by atoms with Crippen molar-refractivity contribution in [1.29, 1.82) is 0 Å². The minimum Gasteiger partial charge on any atom is -0.496 e. The number of methoxy groups -OCH3 is 1. The van der Waals surface area contributed by atoms with Crippen molar-refractivity contribution >= 4 is 5.65 Å². The Morgan fingerprint density at radius 3 is 2.76 bits per heavy atom. The largest absolute Gasteiger partial charge is 0.496 e. The van der Waals surface area contributed by atoms with Crippen molar-refractivity contribution in [2.24, 2.45) is 0 Å². The number of aliphatic hydroxyl groups excluding tert-OH is 1. The van der Waals surface area contributed by atoms with Crippen LogP contribution >= 0.6 is 0 Å². The van der Waals surface area contributed by atoms with Crippen LogP contribution in [0.2, 0.25) is 0 Å². The van der Waals surface area contributed by atoms with E-state index in [9.17, 15) is 5.11 Å². The fraction of sp³-hybridized carbons (Fsp3) is 0.100. The minimum absolute atomic E-state index is 0.00443. The standard InChI is InChI=1S/C20H17N3O2/c1-25-19-8-3-2-7-16(19)17-9-10-20-21-12-18(23(20)22-17)15-6-4-5-14(11-15)13-24/h2-12,24H,13H2,1H3. The van der Waals surface area contributed by atoms with E-state index in [0.29, 0.717) is 0 Å². The van der Waals surface area contributed by atoms with Gasteiger partial charge in [0.2, 0.25) is 0 Å². The number of hydrogen-bond acceptors (Lipinski definition) is 4. The topological polar surface area (TPSA) is 59.7 Å². The third-order valence-corrected chi connectivity index (χ3v) is 4.15. The zero-order chi connectivity index (χ0) is 17.2. The monoisotopic (exact) mass is 331 g/mol. The van der Waals surface area contributed by atoms with Crippen LogP contribution in [0.1, 0.15) is 5.56 Å². The Balaban J connectivity index is 1.88. The second kappa shape index (κ2) is 6.37. The second-order valence-corrected chi connectivity index (χ2v) is 5.69. The van der Waals surface area contributed by atoms with Gasteiger partial charge in [-0.2, -0.15) is 5.10 Å². The number of ether oxygens (including phenoxy) is 1. The predicted octanol–water partition coefficient (Wildman–Crippen LogP) is 3.56. The molecule has 0 unspecified atom stereocenters. The summed E-state index contributed by atoms with van der Waals surface area (Å²) in [6, 6.07) is 19.4. The molecule has 4 rings (SSSR count). The lowest BCUT2D eigenvalue weighted by molar-refractivity contribution is 0.282.